The van der Waals surface area contributed by atoms with Crippen LogP contribution in [0.3, 0.4) is 0 Å². The molecule has 4 heterocycles. The van der Waals surface area contributed by atoms with Gasteiger partial charge in [-0.1, -0.05) is 113 Å². The number of aliphatic hydroxyl groups excluding tert-OH is 2. The van der Waals surface area contributed by atoms with Crippen LogP contribution in [0.1, 0.15) is 96.8 Å². The Balaban J connectivity index is 1.12. The van der Waals surface area contributed by atoms with E-state index in [1.807, 2.05) is 50.2 Å². The van der Waals surface area contributed by atoms with Gasteiger partial charge in [-0.3, -0.25) is 0 Å². The molecular weight excluding hydrogens is 869 g/mol. The summed E-state index contributed by atoms with van der Waals surface area (Å²) in [5.41, 5.74) is -5.70. The molecule has 16 atom stereocenters. The summed E-state index contributed by atoms with van der Waals surface area (Å²) in [6, 6.07) is 30.3. The fraction of sp³-hybridized carbons (Fsp3) is 0.509. The Morgan fingerprint density at radius 1 is 0.750 bits per heavy atom. The highest BCUT2D eigenvalue weighted by atomic mass is 16.9. The van der Waals surface area contributed by atoms with E-state index in [-0.39, 0.29) is 30.9 Å². The number of benzene rings is 4. The molecule has 68 heavy (non-hydrogen) atoms. The molecule has 3 N–H and O–H groups in total. The van der Waals surface area contributed by atoms with Gasteiger partial charge in [-0.15, -0.1) is 0 Å². The first-order valence-corrected chi connectivity index (χ1v) is 24.4. The van der Waals surface area contributed by atoms with Crippen LogP contribution < -0.4 is 0 Å². The highest BCUT2D eigenvalue weighted by Crippen LogP contribution is 2.76. The number of epoxide rings is 1. The minimum absolute atomic E-state index is 0.115. The second-order valence-corrected chi connectivity index (χ2v) is 20.7. The Bertz CT molecular complexity index is 2620. The fourth-order valence-corrected chi connectivity index (χ4v) is 14.0. The molecule has 4 aliphatic heterocycles. The number of carbonyl (C=O) groups excluding carboxylic acids is 3. The number of esters is 3. The first-order valence-electron chi connectivity index (χ1n) is 24.4. The summed E-state index contributed by atoms with van der Waals surface area (Å²) in [7, 11) is 0. The summed E-state index contributed by atoms with van der Waals surface area (Å²) in [5, 5.41) is 40.6. The molecule has 7 aliphatic rings. The van der Waals surface area contributed by atoms with Crippen molar-refractivity contribution in [2.24, 2.45) is 35.5 Å². The average Bonchev–Trinajstić information content (AvgIpc) is 3.99. The van der Waals surface area contributed by atoms with E-state index in [2.05, 4.69) is 13.5 Å². The van der Waals surface area contributed by atoms with Crippen LogP contribution in [-0.2, 0) is 33.2 Å². The number of aliphatic hydroxyl groups is 3. The zero-order valence-corrected chi connectivity index (χ0v) is 38.7. The number of hydrogen-bond acceptors (Lipinski definition) is 13. The van der Waals surface area contributed by atoms with Gasteiger partial charge in [0, 0.05) is 17.8 Å². The van der Waals surface area contributed by atoms with Crippen LogP contribution in [0.5, 0.6) is 0 Å². The van der Waals surface area contributed by atoms with Crippen molar-refractivity contribution in [1.29, 1.82) is 0 Å². The zero-order valence-electron chi connectivity index (χ0n) is 38.7. The lowest BCUT2D eigenvalue weighted by atomic mass is 9.51. The zero-order chi connectivity index (χ0) is 47.4. The van der Waals surface area contributed by atoms with Crippen LogP contribution in [0.15, 0.2) is 115 Å². The van der Waals surface area contributed by atoms with Crippen molar-refractivity contribution >= 4 is 28.7 Å². The van der Waals surface area contributed by atoms with Crippen LogP contribution in [0, 0.1) is 35.5 Å². The number of hydrogen-bond donors (Lipinski definition) is 3. The third-order valence-corrected chi connectivity index (χ3v) is 17.1. The van der Waals surface area contributed by atoms with Crippen molar-refractivity contribution in [3.05, 3.63) is 132 Å². The van der Waals surface area contributed by atoms with Crippen molar-refractivity contribution in [2.75, 3.05) is 13.2 Å². The van der Waals surface area contributed by atoms with Gasteiger partial charge in [-0.05, 0) is 96.7 Å². The molecule has 358 valence electrons. The molecule has 13 heteroatoms. The fourth-order valence-electron chi connectivity index (χ4n) is 14.0. The largest absolute Gasteiger partial charge is 0.462 e. The molecule has 0 radical (unpaired) electrons. The Morgan fingerprint density at radius 3 is 2.09 bits per heavy atom. The average molecular weight is 929 g/mol. The van der Waals surface area contributed by atoms with E-state index < -0.39 is 113 Å². The van der Waals surface area contributed by atoms with Gasteiger partial charge in [0.2, 0.25) is 0 Å². The van der Waals surface area contributed by atoms with E-state index in [0.717, 1.165) is 36.5 Å². The van der Waals surface area contributed by atoms with Gasteiger partial charge in [0.1, 0.15) is 41.2 Å². The van der Waals surface area contributed by atoms with Crippen molar-refractivity contribution in [1.82, 2.24) is 0 Å². The van der Waals surface area contributed by atoms with E-state index in [1.165, 1.54) is 0 Å². The van der Waals surface area contributed by atoms with Gasteiger partial charge in [-0.25, -0.2) is 14.4 Å². The Labute approximate surface area is 395 Å². The first-order chi connectivity index (χ1) is 32.7. The van der Waals surface area contributed by atoms with Crippen molar-refractivity contribution in [3.63, 3.8) is 0 Å². The summed E-state index contributed by atoms with van der Waals surface area (Å²) < 4.78 is 48.5. The van der Waals surface area contributed by atoms with Gasteiger partial charge in [0.25, 0.3) is 0 Å². The lowest BCUT2D eigenvalue weighted by Gasteiger charge is -2.62. The van der Waals surface area contributed by atoms with Crippen LogP contribution >= 0.6 is 0 Å². The van der Waals surface area contributed by atoms with Gasteiger partial charge >= 0.3 is 23.9 Å². The standard InChI is InChI=1S/C55H60O13/c1-31(2)51-28-39(29-62-47(57)35-19-10-7-11-20-35)54-42-45(51)66-55(67-51,68-54)40(63-49(59)38-26-25-34-18-15-16-23-37(34)27-38)24-14-6-5-9-17-32(3)41-33(4)44(64-48(58)36-21-12-8-13-22-36)53(61,43(41)54)50(60)52(30-56)46(42)65-52/h7-8,10-13,15-16,18-23,25-27,32-33,39-46,50,56,60-61H,1,5-6,9,14,17,24,28-30H2,2-4H3/t32-,33+,39+,40-,41+,42-,43-,44+,45-,46+,50-,51-,52+,53-,54-,55?/m1/s1. The molecule has 3 saturated carbocycles. The third kappa shape index (κ3) is 6.56. The van der Waals surface area contributed by atoms with Crippen LogP contribution in [-0.4, -0.2) is 105 Å². The van der Waals surface area contributed by atoms with Crippen LogP contribution in [0.2, 0.25) is 0 Å². The highest BCUT2D eigenvalue weighted by molar-refractivity contribution is 5.95. The van der Waals surface area contributed by atoms with Gasteiger partial charge in [0.15, 0.2) is 6.10 Å². The van der Waals surface area contributed by atoms with E-state index in [9.17, 15) is 29.7 Å². The minimum atomic E-state index is -2.35. The van der Waals surface area contributed by atoms with Crippen molar-refractivity contribution in [2.45, 2.75) is 125 Å². The Kier molecular flexibility index (Phi) is 11.1. The number of rotatable bonds is 9. The molecule has 0 aromatic heterocycles. The van der Waals surface area contributed by atoms with Crippen molar-refractivity contribution < 1.29 is 62.9 Å². The summed E-state index contributed by atoms with van der Waals surface area (Å²) in [5.74, 6) is -8.10. The summed E-state index contributed by atoms with van der Waals surface area (Å²) >= 11 is 0. The quantitative estimate of drug-likeness (QED) is 0.0658. The minimum Gasteiger partial charge on any atom is -0.462 e. The maximum atomic E-state index is 14.6. The van der Waals surface area contributed by atoms with Crippen LogP contribution in [0.25, 0.3) is 10.8 Å². The second kappa shape index (κ2) is 16.6. The smallest absolute Gasteiger partial charge is 0.338 e. The van der Waals surface area contributed by atoms with Crippen molar-refractivity contribution in [3.8, 4) is 0 Å². The predicted molar refractivity (Wildman–Crippen MR) is 246 cm³/mol. The summed E-state index contributed by atoms with van der Waals surface area (Å²) in [6.07, 6.45) is -2.07. The molecule has 7 fully saturated rings. The van der Waals surface area contributed by atoms with Gasteiger partial charge < -0.3 is 48.5 Å². The summed E-state index contributed by atoms with van der Waals surface area (Å²) in [4.78, 5) is 42.9. The molecular formula is C55H60O13. The topological polar surface area (TPSA) is 180 Å². The van der Waals surface area contributed by atoms with E-state index in [0.29, 0.717) is 23.1 Å². The van der Waals surface area contributed by atoms with E-state index >= 15 is 0 Å². The van der Waals surface area contributed by atoms with Crippen LogP contribution in [0.4, 0.5) is 0 Å². The number of carbonyl (C=O) groups is 3. The maximum absolute atomic E-state index is 14.6. The molecule has 3 aliphatic carbocycles. The molecule has 4 aromatic rings. The maximum Gasteiger partial charge on any atom is 0.338 e. The molecule has 11 rings (SSSR count). The number of ether oxygens (including phenoxy) is 7. The Morgan fingerprint density at radius 2 is 1.40 bits per heavy atom. The molecule has 4 aromatic carbocycles. The first kappa shape index (κ1) is 45.5. The molecule has 0 amide bonds. The molecule has 3 bridgehead atoms. The normalized spacial score (nSPS) is 40.9. The molecule has 13 nitrogen and oxygen atoms in total. The lowest BCUT2D eigenvalue weighted by Crippen LogP contribution is -2.75. The second-order valence-electron chi connectivity index (χ2n) is 20.7. The van der Waals surface area contributed by atoms with Gasteiger partial charge in [0.05, 0.1) is 35.5 Å². The van der Waals surface area contributed by atoms with E-state index in [4.69, 9.17) is 33.2 Å². The summed E-state index contributed by atoms with van der Waals surface area (Å²) in [6.45, 7) is 9.45. The Hall–Kier alpha value is -4.99. The third-order valence-electron chi connectivity index (χ3n) is 17.1. The predicted octanol–water partition coefficient (Wildman–Crippen LogP) is 7.34. The number of fused-ring (bicyclic) bond motifs is 2. The highest BCUT2D eigenvalue weighted by Gasteiger charge is 2.91. The molecule has 1 unspecified atom stereocenters. The molecule has 2 spiro atoms. The van der Waals surface area contributed by atoms with E-state index in [1.54, 1.807) is 66.7 Å². The van der Waals surface area contributed by atoms with Gasteiger partial charge in [-0.2, -0.15) is 0 Å². The lowest BCUT2D eigenvalue weighted by molar-refractivity contribution is -0.458. The SMILES string of the molecule is C=C(C)[C@]12C[C@@H](COC(=O)c3ccccc3)[C@@]34OC5(O[C@@H]1[C@@H]3[C@@H]1O[C@]1(CO)[C@@H](O)[C@@]1(O)[C@H]4[C@H]([C@H](C)[C@@H]1OC(=O)c1ccccc1)[C@H](C)CCCCCC[C@H]5OC(=O)c1ccc3ccccc3c1)O2. The molecule has 4 saturated heterocycles. The monoisotopic (exact) mass is 928 g/mol.